The second-order valence-electron chi connectivity index (χ2n) is 6.98. The summed E-state index contributed by atoms with van der Waals surface area (Å²) in [6.45, 7) is 11.9. The van der Waals surface area contributed by atoms with Gasteiger partial charge in [0.25, 0.3) is 0 Å². The van der Waals surface area contributed by atoms with E-state index in [1.54, 1.807) is 6.20 Å². The average molecular weight is 310 g/mol. The van der Waals surface area contributed by atoms with Crippen LogP contribution in [0, 0.1) is 11.8 Å². The van der Waals surface area contributed by atoms with Gasteiger partial charge in [0, 0.05) is 31.9 Å². The van der Waals surface area contributed by atoms with Crippen LogP contribution in [0.25, 0.3) is 0 Å². The second-order valence-corrected chi connectivity index (χ2v) is 7.39. The van der Waals surface area contributed by atoms with E-state index in [2.05, 4.69) is 49.0 Å². The molecule has 1 saturated carbocycles. The number of anilines is 1. The standard InChI is InChI=1S/C17H28ClN3/c1-12(2)10-21(11-13(3)4)17-7-14(16(18)9-20-17)8-19-15-5-6-15/h7,9,12-13,15,19H,5-6,8,10-11H2,1-4H3. The number of nitrogens with one attached hydrogen (secondary N) is 1. The summed E-state index contributed by atoms with van der Waals surface area (Å²) in [6.07, 6.45) is 4.39. The van der Waals surface area contributed by atoms with Crippen molar-refractivity contribution in [3.8, 4) is 0 Å². The molecule has 2 rings (SSSR count). The molecular weight excluding hydrogens is 282 g/mol. The van der Waals surface area contributed by atoms with Crippen LogP contribution < -0.4 is 10.2 Å². The first kappa shape index (κ1) is 16.6. The maximum atomic E-state index is 6.30. The molecule has 118 valence electrons. The Morgan fingerprint density at radius 3 is 2.38 bits per heavy atom. The monoisotopic (exact) mass is 309 g/mol. The summed E-state index contributed by atoms with van der Waals surface area (Å²) in [5.41, 5.74) is 1.16. The van der Waals surface area contributed by atoms with Crippen LogP contribution in [-0.2, 0) is 6.54 Å². The molecule has 1 fully saturated rings. The van der Waals surface area contributed by atoms with Crippen molar-refractivity contribution >= 4 is 17.4 Å². The molecule has 1 aliphatic rings. The summed E-state index contributed by atoms with van der Waals surface area (Å²) in [6, 6.07) is 2.85. The highest BCUT2D eigenvalue weighted by atomic mass is 35.5. The fourth-order valence-corrected chi connectivity index (χ4v) is 2.63. The Bertz CT molecular complexity index is 445. The molecule has 21 heavy (non-hydrogen) atoms. The van der Waals surface area contributed by atoms with E-state index in [0.717, 1.165) is 36.0 Å². The molecule has 1 aliphatic carbocycles. The summed E-state index contributed by atoms with van der Waals surface area (Å²) in [5, 5.41) is 4.30. The number of rotatable bonds is 8. The van der Waals surface area contributed by atoms with Gasteiger partial charge in [-0.05, 0) is 36.3 Å². The minimum atomic E-state index is 0.620. The number of hydrogen-bond acceptors (Lipinski definition) is 3. The van der Waals surface area contributed by atoms with Gasteiger partial charge in [-0.25, -0.2) is 4.98 Å². The first-order chi connectivity index (χ1) is 9.95. The molecule has 0 saturated heterocycles. The highest BCUT2D eigenvalue weighted by Gasteiger charge is 2.21. The van der Waals surface area contributed by atoms with Crippen molar-refractivity contribution in [1.82, 2.24) is 10.3 Å². The van der Waals surface area contributed by atoms with E-state index in [0.29, 0.717) is 17.9 Å². The Morgan fingerprint density at radius 2 is 1.86 bits per heavy atom. The van der Waals surface area contributed by atoms with E-state index in [4.69, 9.17) is 11.6 Å². The van der Waals surface area contributed by atoms with E-state index in [1.807, 2.05) is 0 Å². The lowest BCUT2D eigenvalue weighted by Crippen LogP contribution is -2.32. The summed E-state index contributed by atoms with van der Waals surface area (Å²) >= 11 is 6.30. The molecule has 1 aromatic heterocycles. The number of aromatic nitrogens is 1. The second kappa shape index (κ2) is 7.46. The molecule has 0 bridgehead atoms. The SMILES string of the molecule is CC(C)CN(CC(C)C)c1cc(CNC2CC2)c(Cl)cn1. The van der Waals surface area contributed by atoms with Gasteiger partial charge in [-0.2, -0.15) is 0 Å². The summed E-state index contributed by atoms with van der Waals surface area (Å²) in [5.74, 6) is 2.29. The van der Waals surface area contributed by atoms with Gasteiger partial charge in [0.1, 0.15) is 5.82 Å². The van der Waals surface area contributed by atoms with Gasteiger partial charge in [0.2, 0.25) is 0 Å². The molecule has 0 atom stereocenters. The number of nitrogens with zero attached hydrogens (tertiary/aromatic N) is 2. The highest BCUT2D eigenvalue weighted by molar-refractivity contribution is 6.31. The molecule has 3 nitrogen and oxygen atoms in total. The van der Waals surface area contributed by atoms with Crippen molar-refractivity contribution in [2.45, 2.75) is 53.1 Å². The fraction of sp³-hybridized carbons (Fsp3) is 0.706. The lowest BCUT2D eigenvalue weighted by molar-refractivity contribution is 0.548. The first-order valence-corrected chi connectivity index (χ1v) is 8.46. The molecule has 0 spiro atoms. The molecule has 0 radical (unpaired) electrons. The van der Waals surface area contributed by atoms with E-state index < -0.39 is 0 Å². The van der Waals surface area contributed by atoms with Crippen LogP contribution in [0.4, 0.5) is 5.82 Å². The summed E-state index contributed by atoms with van der Waals surface area (Å²) in [4.78, 5) is 6.94. The zero-order valence-electron chi connectivity index (χ0n) is 13.7. The largest absolute Gasteiger partial charge is 0.356 e. The normalized spacial score (nSPS) is 15.0. The van der Waals surface area contributed by atoms with Crippen LogP contribution in [0.3, 0.4) is 0 Å². The van der Waals surface area contributed by atoms with Crippen LogP contribution in [0.5, 0.6) is 0 Å². The van der Waals surface area contributed by atoms with Crippen molar-refractivity contribution < 1.29 is 0 Å². The Balaban J connectivity index is 2.11. The average Bonchev–Trinajstić information content (AvgIpc) is 3.20. The first-order valence-electron chi connectivity index (χ1n) is 8.08. The maximum absolute atomic E-state index is 6.30. The minimum absolute atomic E-state index is 0.620. The third-order valence-corrected chi connectivity index (χ3v) is 3.91. The summed E-state index contributed by atoms with van der Waals surface area (Å²) < 4.78 is 0. The van der Waals surface area contributed by atoms with Gasteiger partial charge < -0.3 is 10.2 Å². The highest BCUT2D eigenvalue weighted by Crippen LogP contribution is 2.24. The van der Waals surface area contributed by atoms with Crippen molar-refractivity contribution in [3.63, 3.8) is 0 Å². The molecule has 4 heteroatoms. The minimum Gasteiger partial charge on any atom is -0.356 e. The molecule has 0 amide bonds. The zero-order valence-corrected chi connectivity index (χ0v) is 14.5. The topological polar surface area (TPSA) is 28.2 Å². The molecule has 0 unspecified atom stereocenters. The van der Waals surface area contributed by atoms with Crippen LogP contribution in [0.15, 0.2) is 12.3 Å². The summed E-state index contributed by atoms with van der Waals surface area (Å²) in [7, 11) is 0. The smallest absolute Gasteiger partial charge is 0.128 e. The molecule has 1 N–H and O–H groups in total. The van der Waals surface area contributed by atoms with Gasteiger partial charge >= 0.3 is 0 Å². The van der Waals surface area contributed by atoms with Gasteiger partial charge in [0.05, 0.1) is 5.02 Å². The third kappa shape index (κ3) is 5.48. The number of halogens is 1. The Labute approximate surface area is 134 Å². The van der Waals surface area contributed by atoms with Crippen molar-refractivity contribution in [2.75, 3.05) is 18.0 Å². The van der Waals surface area contributed by atoms with Gasteiger partial charge in [-0.15, -0.1) is 0 Å². The Morgan fingerprint density at radius 1 is 1.24 bits per heavy atom. The van der Waals surface area contributed by atoms with Gasteiger partial charge in [-0.1, -0.05) is 39.3 Å². The molecule has 1 aromatic rings. The van der Waals surface area contributed by atoms with Gasteiger partial charge in [0.15, 0.2) is 0 Å². The van der Waals surface area contributed by atoms with Crippen molar-refractivity contribution in [2.24, 2.45) is 11.8 Å². The van der Waals surface area contributed by atoms with E-state index in [-0.39, 0.29) is 0 Å². The third-order valence-electron chi connectivity index (χ3n) is 3.57. The number of hydrogen-bond donors (Lipinski definition) is 1. The van der Waals surface area contributed by atoms with E-state index in [1.165, 1.54) is 12.8 Å². The maximum Gasteiger partial charge on any atom is 0.128 e. The Kier molecular flexibility index (Phi) is 5.88. The van der Waals surface area contributed by atoms with Crippen molar-refractivity contribution in [3.05, 3.63) is 22.8 Å². The predicted octanol–water partition coefficient (Wildman–Crippen LogP) is 4.11. The van der Waals surface area contributed by atoms with Crippen LogP contribution in [0.1, 0.15) is 46.1 Å². The lowest BCUT2D eigenvalue weighted by Gasteiger charge is -2.28. The predicted molar refractivity (Wildman–Crippen MR) is 91.0 cm³/mol. The Hall–Kier alpha value is -0.800. The van der Waals surface area contributed by atoms with Crippen LogP contribution >= 0.6 is 11.6 Å². The van der Waals surface area contributed by atoms with Crippen molar-refractivity contribution in [1.29, 1.82) is 0 Å². The quantitative estimate of drug-likeness (QED) is 0.783. The lowest BCUT2D eigenvalue weighted by atomic mass is 10.1. The van der Waals surface area contributed by atoms with Crippen LogP contribution in [0.2, 0.25) is 5.02 Å². The molecular formula is C17H28ClN3. The number of pyridine rings is 1. The van der Waals surface area contributed by atoms with Gasteiger partial charge in [-0.3, -0.25) is 0 Å². The van der Waals surface area contributed by atoms with Crippen LogP contribution in [-0.4, -0.2) is 24.1 Å². The molecule has 1 heterocycles. The van der Waals surface area contributed by atoms with E-state index in [9.17, 15) is 0 Å². The molecule has 0 aliphatic heterocycles. The fourth-order valence-electron chi connectivity index (χ4n) is 2.46. The molecule has 0 aromatic carbocycles. The zero-order chi connectivity index (χ0) is 15.4. The van der Waals surface area contributed by atoms with E-state index >= 15 is 0 Å².